The number of aromatic nitrogens is 2. The topological polar surface area (TPSA) is 75.3 Å². The molecule has 0 bridgehead atoms. The molecule has 1 atom stereocenters. The molecule has 90 valence electrons. The SMILES string of the molecule is Cc1nc(Cl)nc(N(C)CCC(C)O)c1N. The van der Waals surface area contributed by atoms with E-state index in [0.717, 1.165) is 0 Å². The molecule has 0 aliphatic carbocycles. The smallest absolute Gasteiger partial charge is 0.224 e. The number of hydrogen-bond acceptors (Lipinski definition) is 5. The summed E-state index contributed by atoms with van der Waals surface area (Å²) in [5, 5.41) is 9.40. The van der Waals surface area contributed by atoms with Gasteiger partial charge in [-0.25, -0.2) is 4.98 Å². The van der Waals surface area contributed by atoms with E-state index in [9.17, 15) is 5.11 Å². The van der Waals surface area contributed by atoms with E-state index in [2.05, 4.69) is 9.97 Å². The molecule has 16 heavy (non-hydrogen) atoms. The second kappa shape index (κ2) is 5.32. The van der Waals surface area contributed by atoms with Crippen LogP contribution in [0.1, 0.15) is 19.0 Å². The highest BCUT2D eigenvalue weighted by Crippen LogP contribution is 2.23. The lowest BCUT2D eigenvalue weighted by atomic mass is 10.2. The molecule has 0 saturated carbocycles. The maximum Gasteiger partial charge on any atom is 0.224 e. The van der Waals surface area contributed by atoms with Crippen LogP contribution in [0, 0.1) is 6.92 Å². The maximum absolute atomic E-state index is 9.21. The normalized spacial score (nSPS) is 12.6. The highest BCUT2D eigenvalue weighted by molar-refractivity contribution is 6.28. The molecule has 0 fully saturated rings. The van der Waals surface area contributed by atoms with Gasteiger partial charge in [0.2, 0.25) is 5.28 Å². The standard InChI is InChI=1S/C10H17ClN4O/c1-6(16)4-5-15(3)9-8(12)7(2)13-10(11)14-9/h6,16H,4-5,12H2,1-3H3. The van der Waals surface area contributed by atoms with E-state index < -0.39 is 0 Å². The first-order chi connectivity index (χ1) is 7.41. The predicted molar refractivity (Wildman–Crippen MR) is 65.8 cm³/mol. The number of nitrogens with two attached hydrogens (primary N) is 1. The van der Waals surface area contributed by atoms with Crippen LogP contribution in [0.25, 0.3) is 0 Å². The summed E-state index contributed by atoms with van der Waals surface area (Å²) in [6.45, 7) is 4.19. The van der Waals surface area contributed by atoms with Gasteiger partial charge >= 0.3 is 0 Å². The van der Waals surface area contributed by atoms with Crippen molar-refractivity contribution in [3.8, 4) is 0 Å². The Morgan fingerprint density at radius 1 is 1.50 bits per heavy atom. The molecule has 1 rings (SSSR count). The van der Waals surface area contributed by atoms with Gasteiger partial charge in [-0.1, -0.05) is 0 Å². The lowest BCUT2D eigenvalue weighted by Gasteiger charge is -2.21. The van der Waals surface area contributed by atoms with Gasteiger partial charge in [0.1, 0.15) is 0 Å². The molecule has 0 radical (unpaired) electrons. The Kier molecular flexibility index (Phi) is 4.32. The second-order valence-electron chi connectivity index (χ2n) is 3.87. The third kappa shape index (κ3) is 3.21. The summed E-state index contributed by atoms with van der Waals surface area (Å²) in [5.74, 6) is 0.609. The first kappa shape index (κ1) is 13.0. The number of nitrogen functional groups attached to an aromatic ring is 1. The predicted octanol–water partition coefficient (Wildman–Crippen LogP) is 1.23. The van der Waals surface area contributed by atoms with E-state index in [1.54, 1.807) is 13.8 Å². The largest absolute Gasteiger partial charge is 0.394 e. The Bertz CT molecular complexity index is 370. The number of aliphatic hydroxyl groups excluding tert-OH is 1. The van der Waals surface area contributed by atoms with Gasteiger partial charge in [0.05, 0.1) is 17.5 Å². The zero-order valence-corrected chi connectivity index (χ0v) is 10.5. The monoisotopic (exact) mass is 244 g/mol. The van der Waals surface area contributed by atoms with Crippen molar-refractivity contribution in [2.24, 2.45) is 0 Å². The third-order valence-electron chi connectivity index (χ3n) is 2.33. The molecule has 0 saturated heterocycles. The Balaban J connectivity index is 2.86. The minimum Gasteiger partial charge on any atom is -0.394 e. The highest BCUT2D eigenvalue weighted by Gasteiger charge is 2.12. The minimum atomic E-state index is -0.345. The van der Waals surface area contributed by atoms with Crippen LogP contribution >= 0.6 is 11.6 Å². The Labute approximate surface area is 100 Å². The average Bonchev–Trinajstić information content (AvgIpc) is 2.19. The third-order valence-corrected chi connectivity index (χ3v) is 2.50. The van der Waals surface area contributed by atoms with Crippen LogP contribution in [0.5, 0.6) is 0 Å². The van der Waals surface area contributed by atoms with Crippen LogP contribution in [0.2, 0.25) is 5.28 Å². The quantitative estimate of drug-likeness (QED) is 0.780. The van der Waals surface area contributed by atoms with Gasteiger partial charge in [0.15, 0.2) is 5.82 Å². The van der Waals surface area contributed by atoms with Crippen molar-refractivity contribution in [1.82, 2.24) is 9.97 Å². The summed E-state index contributed by atoms with van der Waals surface area (Å²) in [4.78, 5) is 9.91. The van der Waals surface area contributed by atoms with Crippen molar-refractivity contribution < 1.29 is 5.11 Å². The fraction of sp³-hybridized carbons (Fsp3) is 0.600. The lowest BCUT2D eigenvalue weighted by molar-refractivity contribution is 0.187. The number of aliphatic hydroxyl groups is 1. The van der Waals surface area contributed by atoms with Crippen molar-refractivity contribution in [1.29, 1.82) is 0 Å². The molecule has 0 aliphatic heterocycles. The molecule has 6 heteroatoms. The number of aryl methyl sites for hydroxylation is 1. The van der Waals surface area contributed by atoms with Gasteiger partial charge in [-0.05, 0) is 31.9 Å². The van der Waals surface area contributed by atoms with Crippen LogP contribution in [0.15, 0.2) is 0 Å². The number of nitrogens with zero attached hydrogens (tertiary/aromatic N) is 3. The van der Waals surface area contributed by atoms with Crippen molar-refractivity contribution in [3.05, 3.63) is 11.0 Å². The van der Waals surface area contributed by atoms with Gasteiger partial charge < -0.3 is 15.7 Å². The van der Waals surface area contributed by atoms with E-state index in [4.69, 9.17) is 17.3 Å². The molecule has 1 aromatic rings. The number of rotatable bonds is 4. The molecule has 5 nitrogen and oxygen atoms in total. The first-order valence-electron chi connectivity index (χ1n) is 5.10. The zero-order valence-electron chi connectivity index (χ0n) is 9.74. The Morgan fingerprint density at radius 2 is 2.12 bits per heavy atom. The van der Waals surface area contributed by atoms with Crippen LogP contribution < -0.4 is 10.6 Å². The lowest BCUT2D eigenvalue weighted by Crippen LogP contribution is -2.24. The van der Waals surface area contributed by atoms with Crippen molar-refractivity contribution in [3.63, 3.8) is 0 Å². The maximum atomic E-state index is 9.21. The highest BCUT2D eigenvalue weighted by atomic mass is 35.5. The molecular formula is C10H17ClN4O. The molecule has 1 heterocycles. The molecule has 0 spiro atoms. The van der Waals surface area contributed by atoms with Crippen molar-refractivity contribution in [2.75, 3.05) is 24.2 Å². The van der Waals surface area contributed by atoms with Gasteiger partial charge in [-0.2, -0.15) is 4.98 Å². The average molecular weight is 245 g/mol. The molecule has 0 amide bonds. The summed E-state index contributed by atoms with van der Waals surface area (Å²) < 4.78 is 0. The first-order valence-corrected chi connectivity index (χ1v) is 5.48. The summed E-state index contributed by atoms with van der Waals surface area (Å²) in [6.07, 6.45) is 0.304. The molecular weight excluding hydrogens is 228 g/mol. The van der Waals surface area contributed by atoms with E-state index in [1.165, 1.54) is 0 Å². The van der Waals surface area contributed by atoms with Crippen LogP contribution in [-0.4, -0.2) is 34.8 Å². The fourth-order valence-corrected chi connectivity index (χ4v) is 1.52. The van der Waals surface area contributed by atoms with Crippen LogP contribution in [-0.2, 0) is 0 Å². The van der Waals surface area contributed by atoms with E-state index in [1.807, 2.05) is 11.9 Å². The summed E-state index contributed by atoms with van der Waals surface area (Å²) in [7, 11) is 1.86. The van der Waals surface area contributed by atoms with Gasteiger partial charge in [0, 0.05) is 13.6 Å². The van der Waals surface area contributed by atoms with Crippen molar-refractivity contribution in [2.45, 2.75) is 26.4 Å². The molecule has 3 N–H and O–H groups in total. The number of hydrogen-bond donors (Lipinski definition) is 2. The van der Waals surface area contributed by atoms with Crippen LogP contribution in [0.4, 0.5) is 11.5 Å². The van der Waals surface area contributed by atoms with Crippen LogP contribution in [0.3, 0.4) is 0 Å². The molecule has 1 unspecified atom stereocenters. The van der Waals surface area contributed by atoms with E-state index in [0.29, 0.717) is 30.2 Å². The van der Waals surface area contributed by atoms with Gasteiger partial charge in [0.25, 0.3) is 0 Å². The number of halogens is 1. The molecule has 1 aromatic heterocycles. The van der Waals surface area contributed by atoms with E-state index >= 15 is 0 Å². The minimum absolute atomic E-state index is 0.186. The summed E-state index contributed by atoms with van der Waals surface area (Å²) in [5.41, 5.74) is 7.06. The zero-order chi connectivity index (χ0) is 12.3. The van der Waals surface area contributed by atoms with Gasteiger partial charge in [-0.3, -0.25) is 0 Å². The second-order valence-corrected chi connectivity index (χ2v) is 4.21. The van der Waals surface area contributed by atoms with Crippen molar-refractivity contribution >= 4 is 23.1 Å². The Morgan fingerprint density at radius 3 is 2.69 bits per heavy atom. The molecule has 0 aromatic carbocycles. The van der Waals surface area contributed by atoms with Gasteiger partial charge in [-0.15, -0.1) is 0 Å². The molecule has 0 aliphatic rings. The Hall–Kier alpha value is -1.07. The fourth-order valence-electron chi connectivity index (χ4n) is 1.31. The number of anilines is 2. The summed E-state index contributed by atoms with van der Waals surface area (Å²) >= 11 is 5.78. The summed E-state index contributed by atoms with van der Waals surface area (Å²) in [6, 6.07) is 0. The van der Waals surface area contributed by atoms with E-state index in [-0.39, 0.29) is 11.4 Å².